The van der Waals surface area contributed by atoms with Crippen molar-refractivity contribution in [3.8, 4) is 11.4 Å². The fourth-order valence-corrected chi connectivity index (χ4v) is 2.97. The van der Waals surface area contributed by atoms with Crippen molar-refractivity contribution >= 4 is 5.91 Å². The summed E-state index contributed by atoms with van der Waals surface area (Å²) in [7, 11) is 0. The first kappa shape index (κ1) is 17.5. The van der Waals surface area contributed by atoms with Gasteiger partial charge in [-0.3, -0.25) is 4.79 Å². The van der Waals surface area contributed by atoms with E-state index in [0.717, 1.165) is 45.2 Å². The van der Waals surface area contributed by atoms with Crippen LogP contribution in [0.25, 0.3) is 5.69 Å². The number of ether oxygens (including phenoxy) is 1. The van der Waals surface area contributed by atoms with Crippen molar-refractivity contribution in [1.29, 1.82) is 0 Å². The van der Waals surface area contributed by atoms with Gasteiger partial charge in [0.2, 0.25) is 0 Å². The van der Waals surface area contributed by atoms with Crippen LogP contribution in [-0.4, -0.2) is 40.3 Å². The van der Waals surface area contributed by atoms with Gasteiger partial charge in [0.1, 0.15) is 5.82 Å². The van der Waals surface area contributed by atoms with Crippen molar-refractivity contribution in [3.05, 3.63) is 42.0 Å². The molecule has 0 N–H and O–H groups in total. The second kappa shape index (κ2) is 8.14. The third-order valence-corrected chi connectivity index (χ3v) is 4.33. The summed E-state index contributed by atoms with van der Waals surface area (Å²) >= 11 is 0. The van der Waals surface area contributed by atoms with Gasteiger partial charge in [0.15, 0.2) is 11.4 Å². The summed E-state index contributed by atoms with van der Waals surface area (Å²) in [5.41, 5.74) is 1.03. The smallest absolute Gasteiger partial charge is 0.278 e. The molecule has 1 amide bonds. The summed E-state index contributed by atoms with van der Waals surface area (Å²) in [6, 6.07) is 6.01. The molecule has 0 unspecified atom stereocenters. The second-order valence-corrected chi connectivity index (χ2v) is 6.32. The first-order valence-electron chi connectivity index (χ1n) is 8.96. The van der Waals surface area contributed by atoms with Crippen molar-refractivity contribution in [2.24, 2.45) is 0 Å². The molecule has 1 saturated heterocycles. The van der Waals surface area contributed by atoms with E-state index in [9.17, 15) is 9.18 Å². The summed E-state index contributed by atoms with van der Waals surface area (Å²) in [5, 5.41) is 4.45. The number of hydrogen-bond acceptors (Lipinski definition) is 3. The van der Waals surface area contributed by atoms with E-state index < -0.39 is 0 Å². The van der Waals surface area contributed by atoms with Crippen LogP contribution in [-0.2, 0) is 0 Å². The Balaban J connectivity index is 1.89. The standard InChI is InChI=1S/C19H24FN3O2/c1-2-13-25-17-14-23(16-9-7-15(20)8-10-16)21-18(17)19(24)22-11-5-3-4-6-12-22/h7-10,14H,2-6,11-13H2,1H3. The fourth-order valence-electron chi connectivity index (χ4n) is 2.97. The number of benzene rings is 1. The van der Waals surface area contributed by atoms with Crippen molar-refractivity contribution in [1.82, 2.24) is 14.7 Å². The Hall–Kier alpha value is -2.37. The zero-order valence-electron chi connectivity index (χ0n) is 14.6. The summed E-state index contributed by atoms with van der Waals surface area (Å²) in [6.45, 7) is 4.06. The van der Waals surface area contributed by atoms with Crippen LogP contribution in [0.3, 0.4) is 0 Å². The maximum Gasteiger partial charge on any atom is 0.278 e. The summed E-state index contributed by atoms with van der Waals surface area (Å²) in [6.07, 6.45) is 6.91. The molecule has 0 aliphatic carbocycles. The van der Waals surface area contributed by atoms with Gasteiger partial charge < -0.3 is 9.64 Å². The van der Waals surface area contributed by atoms with E-state index >= 15 is 0 Å². The summed E-state index contributed by atoms with van der Waals surface area (Å²) in [5.74, 6) is 0.0912. The first-order chi connectivity index (χ1) is 12.2. The number of carbonyl (C=O) groups is 1. The maximum atomic E-state index is 13.1. The van der Waals surface area contributed by atoms with Crippen molar-refractivity contribution in [2.45, 2.75) is 39.0 Å². The van der Waals surface area contributed by atoms with E-state index in [-0.39, 0.29) is 11.7 Å². The monoisotopic (exact) mass is 345 g/mol. The number of likely N-dealkylation sites (tertiary alicyclic amines) is 1. The minimum absolute atomic E-state index is 0.0890. The van der Waals surface area contributed by atoms with Crippen molar-refractivity contribution in [3.63, 3.8) is 0 Å². The van der Waals surface area contributed by atoms with Gasteiger partial charge >= 0.3 is 0 Å². The molecule has 5 nitrogen and oxygen atoms in total. The van der Waals surface area contributed by atoms with Crippen LogP contribution in [0.2, 0.25) is 0 Å². The molecule has 0 atom stereocenters. The van der Waals surface area contributed by atoms with E-state index in [1.54, 1.807) is 23.0 Å². The normalized spacial score (nSPS) is 15.0. The zero-order chi connectivity index (χ0) is 17.6. The third-order valence-electron chi connectivity index (χ3n) is 4.33. The highest BCUT2D eigenvalue weighted by atomic mass is 19.1. The number of hydrogen-bond donors (Lipinski definition) is 0. The molecule has 1 aromatic heterocycles. The van der Waals surface area contributed by atoms with Gasteiger partial charge in [0.25, 0.3) is 5.91 Å². The molecular weight excluding hydrogens is 321 g/mol. The Morgan fingerprint density at radius 3 is 2.48 bits per heavy atom. The van der Waals surface area contributed by atoms with Crippen LogP contribution < -0.4 is 4.74 Å². The Morgan fingerprint density at radius 2 is 1.84 bits per heavy atom. The van der Waals surface area contributed by atoms with Crippen LogP contribution >= 0.6 is 0 Å². The molecule has 1 aliphatic rings. The minimum Gasteiger partial charge on any atom is -0.489 e. The van der Waals surface area contributed by atoms with Crippen LogP contribution in [0.4, 0.5) is 4.39 Å². The van der Waals surface area contributed by atoms with Crippen LogP contribution in [0, 0.1) is 5.82 Å². The average molecular weight is 345 g/mol. The average Bonchev–Trinajstić information content (AvgIpc) is 2.86. The fraction of sp³-hybridized carbons (Fsp3) is 0.474. The van der Waals surface area contributed by atoms with Gasteiger partial charge in [0, 0.05) is 13.1 Å². The first-order valence-corrected chi connectivity index (χ1v) is 8.96. The number of nitrogens with zero attached hydrogens (tertiary/aromatic N) is 3. The number of aromatic nitrogens is 2. The lowest BCUT2D eigenvalue weighted by molar-refractivity contribution is 0.0751. The SMILES string of the molecule is CCCOc1cn(-c2ccc(F)cc2)nc1C(=O)N1CCCCCC1. The third kappa shape index (κ3) is 4.18. The molecule has 0 radical (unpaired) electrons. The molecule has 1 aliphatic heterocycles. The molecule has 25 heavy (non-hydrogen) atoms. The summed E-state index contributed by atoms with van der Waals surface area (Å²) < 4.78 is 20.5. The van der Waals surface area contributed by atoms with Gasteiger partial charge in [-0.05, 0) is 43.5 Å². The number of rotatable bonds is 5. The minimum atomic E-state index is -0.306. The molecule has 6 heteroatoms. The molecule has 2 aromatic rings. The molecule has 3 rings (SSSR count). The van der Waals surface area contributed by atoms with E-state index in [0.29, 0.717) is 23.7 Å². The van der Waals surface area contributed by atoms with Crippen molar-refractivity contribution in [2.75, 3.05) is 19.7 Å². The van der Waals surface area contributed by atoms with E-state index in [1.807, 2.05) is 11.8 Å². The molecule has 0 bridgehead atoms. The molecule has 0 spiro atoms. The quantitative estimate of drug-likeness (QED) is 0.828. The predicted octanol–water partition coefficient (Wildman–Crippen LogP) is 3.82. The highest BCUT2D eigenvalue weighted by molar-refractivity contribution is 5.95. The Kier molecular flexibility index (Phi) is 5.68. The molecule has 1 fully saturated rings. The molecule has 134 valence electrons. The van der Waals surface area contributed by atoms with Crippen LogP contribution in [0.1, 0.15) is 49.5 Å². The molecule has 1 aromatic carbocycles. The predicted molar refractivity (Wildman–Crippen MR) is 93.7 cm³/mol. The second-order valence-electron chi connectivity index (χ2n) is 6.32. The van der Waals surface area contributed by atoms with E-state index in [1.165, 1.54) is 12.1 Å². The van der Waals surface area contributed by atoms with Gasteiger partial charge in [-0.15, -0.1) is 0 Å². The molecular formula is C19H24FN3O2. The number of carbonyl (C=O) groups excluding carboxylic acids is 1. The zero-order valence-corrected chi connectivity index (χ0v) is 14.6. The van der Waals surface area contributed by atoms with Gasteiger partial charge in [0.05, 0.1) is 18.5 Å². The highest BCUT2D eigenvalue weighted by Gasteiger charge is 2.24. The lowest BCUT2D eigenvalue weighted by Crippen LogP contribution is -2.32. The lowest BCUT2D eigenvalue weighted by atomic mass is 10.2. The van der Waals surface area contributed by atoms with Crippen LogP contribution in [0.5, 0.6) is 5.75 Å². The van der Waals surface area contributed by atoms with E-state index in [2.05, 4.69) is 5.10 Å². The number of halogens is 1. The molecule has 2 heterocycles. The largest absolute Gasteiger partial charge is 0.489 e. The van der Waals surface area contributed by atoms with Gasteiger partial charge in [-0.1, -0.05) is 19.8 Å². The molecule has 0 saturated carbocycles. The number of amides is 1. The van der Waals surface area contributed by atoms with Crippen molar-refractivity contribution < 1.29 is 13.9 Å². The van der Waals surface area contributed by atoms with E-state index in [4.69, 9.17) is 4.74 Å². The van der Waals surface area contributed by atoms with Gasteiger partial charge in [-0.25, -0.2) is 9.07 Å². The Labute approximate surface area is 147 Å². The van der Waals surface area contributed by atoms with Gasteiger partial charge in [-0.2, -0.15) is 5.10 Å². The summed E-state index contributed by atoms with van der Waals surface area (Å²) in [4.78, 5) is 14.8. The topological polar surface area (TPSA) is 47.4 Å². The lowest BCUT2D eigenvalue weighted by Gasteiger charge is -2.19. The highest BCUT2D eigenvalue weighted by Crippen LogP contribution is 2.23. The Bertz CT molecular complexity index is 704. The Morgan fingerprint density at radius 1 is 1.16 bits per heavy atom. The van der Waals surface area contributed by atoms with Crippen LogP contribution in [0.15, 0.2) is 30.5 Å². The maximum absolute atomic E-state index is 13.1.